The Morgan fingerprint density at radius 2 is 1.69 bits per heavy atom. The van der Waals surface area contributed by atoms with E-state index in [9.17, 15) is 19.2 Å². The van der Waals surface area contributed by atoms with Gasteiger partial charge < -0.3 is 25.0 Å². The Balaban J connectivity index is 1.49. The number of esters is 2. The maximum Gasteiger partial charge on any atom is 0.338 e. The molecule has 9 heteroatoms. The fourth-order valence-corrected chi connectivity index (χ4v) is 4.51. The van der Waals surface area contributed by atoms with Gasteiger partial charge in [-0.05, 0) is 25.0 Å². The third kappa shape index (κ3) is 5.40. The lowest BCUT2D eigenvalue weighted by Gasteiger charge is -2.29. The Morgan fingerprint density at radius 3 is 2.36 bits per heavy atom. The van der Waals surface area contributed by atoms with Crippen LogP contribution in [0.25, 0.3) is 0 Å². The van der Waals surface area contributed by atoms with E-state index in [2.05, 4.69) is 10.6 Å². The van der Waals surface area contributed by atoms with Gasteiger partial charge in [0.1, 0.15) is 6.61 Å². The molecule has 2 heterocycles. The molecule has 0 spiro atoms. The van der Waals surface area contributed by atoms with E-state index in [-0.39, 0.29) is 49.4 Å². The van der Waals surface area contributed by atoms with Crippen molar-refractivity contribution in [2.24, 2.45) is 5.92 Å². The molecule has 3 atom stereocenters. The number of nitrogens with one attached hydrogen (secondary N) is 2. The first-order valence-corrected chi connectivity index (χ1v) is 11.9. The third-order valence-electron chi connectivity index (χ3n) is 6.38. The zero-order valence-corrected chi connectivity index (χ0v) is 20.2. The molecule has 1 fully saturated rings. The Hall–Kier alpha value is -4.14. The zero-order chi connectivity index (χ0) is 25.7. The van der Waals surface area contributed by atoms with Gasteiger partial charge in [-0.3, -0.25) is 9.59 Å². The Morgan fingerprint density at radius 1 is 1.03 bits per heavy atom. The normalized spacial score (nSPS) is 20.4. The third-order valence-corrected chi connectivity index (χ3v) is 6.38. The van der Waals surface area contributed by atoms with Gasteiger partial charge in [-0.15, -0.1) is 0 Å². The van der Waals surface area contributed by atoms with Gasteiger partial charge >= 0.3 is 18.0 Å². The van der Waals surface area contributed by atoms with Crippen LogP contribution < -0.4 is 10.6 Å². The van der Waals surface area contributed by atoms with Crippen molar-refractivity contribution in [2.45, 2.75) is 32.4 Å². The smallest absolute Gasteiger partial charge is 0.338 e. The van der Waals surface area contributed by atoms with Crippen LogP contribution in [0.2, 0.25) is 0 Å². The molecule has 36 heavy (non-hydrogen) atoms. The number of hydrogen-bond donors (Lipinski definition) is 2. The summed E-state index contributed by atoms with van der Waals surface area (Å²) < 4.78 is 10.7. The lowest BCUT2D eigenvalue weighted by Crippen LogP contribution is -2.47. The van der Waals surface area contributed by atoms with Crippen LogP contribution in [0.5, 0.6) is 0 Å². The number of carbonyl (C=O) groups excluding carboxylic acids is 4. The van der Waals surface area contributed by atoms with Gasteiger partial charge in [-0.2, -0.15) is 0 Å². The number of hydrogen-bond acceptors (Lipinski definition) is 6. The molecule has 3 amide bonds. The van der Waals surface area contributed by atoms with E-state index in [1.165, 1.54) is 0 Å². The number of amides is 3. The van der Waals surface area contributed by atoms with E-state index < -0.39 is 29.9 Å². The van der Waals surface area contributed by atoms with Crippen LogP contribution in [0.3, 0.4) is 0 Å². The van der Waals surface area contributed by atoms with Crippen LogP contribution in [0, 0.1) is 5.92 Å². The molecule has 2 aliphatic rings. The van der Waals surface area contributed by atoms with Gasteiger partial charge in [0.05, 0.1) is 35.9 Å². The van der Waals surface area contributed by atoms with Crippen molar-refractivity contribution in [1.82, 2.24) is 15.5 Å². The highest BCUT2D eigenvalue weighted by Gasteiger charge is 2.39. The fraction of sp³-hybridized carbons (Fsp3) is 0.333. The molecule has 2 aliphatic heterocycles. The van der Waals surface area contributed by atoms with Crippen molar-refractivity contribution in [3.63, 3.8) is 0 Å². The molecule has 0 unspecified atom stereocenters. The lowest BCUT2D eigenvalue weighted by atomic mass is 9.95. The summed E-state index contributed by atoms with van der Waals surface area (Å²) in [6, 6.07) is 17.1. The second-order valence-corrected chi connectivity index (χ2v) is 8.70. The van der Waals surface area contributed by atoms with E-state index in [1.54, 1.807) is 36.1 Å². The summed E-state index contributed by atoms with van der Waals surface area (Å²) in [5.74, 6) is -1.95. The molecule has 0 saturated carbocycles. The van der Waals surface area contributed by atoms with E-state index in [4.69, 9.17) is 9.47 Å². The van der Waals surface area contributed by atoms with Gasteiger partial charge in [0, 0.05) is 13.0 Å². The van der Waals surface area contributed by atoms with Gasteiger partial charge in [0.15, 0.2) is 0 Å². The molecule has 0 aliphatic carbocycles. The van der Waals surface area contributed by atoms with E-state index in [0.29, 0.717) is 5.56 Å². The van der Waals surface area contributed by atoms with Crippen LogP contribution in [0.4, 0.5) is 4.79 Å². The number of benzene rings is 2. The molecule has 2 N–H and O–H groups in total. The lowest BCUT2D eigenvalue weighted by molar-refractivity contribution is -0.148. The van der Waals surface area contributed by atoms with Crippen LogP contribution in [0.15, 0.2) is 71.9 Å². The molecule has 4 rings (SSSR count). The van der Waals surface area contributed by atoms with Crippen molar-refractivity contribution in [3.05, 3.63) is 83.1 Å². The minimum absolute atomic E-state index is 0.0420. The first-order valence-electron chi connectivity index (χ1n) is 11.9. The van der Waals surface area contributed by atoms with Crippen LogP contribution in [-0.4, -0.2) is 48.5 Å². The molecule has 9 nitrogen and oxygen atoms in total. The van der Waals surface area contributed by atoms with E-state index >= 15 is 0 Å². The summed E-state index contributed by atoms with van der Waals surface area (Å²) in [5.41, 5.74) is 1.98. The Kier molecular flexibility index (Phi) is 7.68. The van der Waals surface area contributed by atoms with Crippen molar-refractivity contribution in [3.8, 4) is 0 Å². The van der Waals surface area contributed by atoms with Gasteiger partial charge in [-0.1, -0.05) is 60.7 Å². The second kappa shape index (κ2) is 11.1. The summed E-state index contributed by atoms with van der Waals surface area (Å²) in [4.78, 5) is 52.4. The summed E-state index contributed by atoms with van der Waals surface area (Å²) in [6.07, 6.45) is 0.0420. The molecule has 2 aromatic carbocycles. The number of ether oxygens (including phenoxy) is 2. The Bertz CT molecular complexity index is 1160. The highest BCUT2D eigenvalue weighted by atomic mass is 16.5. The SMILES string of the molecule is CCOC(=O)C1=C(COC(=O)[C@H]2CC(=O)N([C@H](C)c3ccccc3)C2)NC(=O)N[C@@H]1c1ccccc1. The minimum atomic E-state index is -0.761. The van der Waals surface area contributed by atoms with Gasteiger partial charge in [0.25, 0.3) is 0 Å². The van der Waals surface area contributed by atoms with Crippen LogP contribution in [-0.2, 0) is 23.9 Å². The van der Waals surface area contributed by atoms with Gasteiger partial charge in [0.2, 0.25) is 5.91 Å². The number of urea groups is 1. The largest absolute Gasteiger partial charge is 0.463 e. The first kappa shape index (κ1) is 25.0. The molecule has 1 saturated heterocycles. The maximum absolute atomic E-state index is 12.9. The monoisotopic (exact) mass is 491 g/mol. The average Bonchev–Trinajstić information content (AvgIpc) is 3.29. The number of nitrogens with zero attached hydrogens (tertiary/aromatic N) is 1. The number of rotatable bonds is 8. The summed E-state index contributed by atoms with van der Waals surface area (Å²) in [7, 11) is 0. The molecule has 0 bridgehead atoms. The topological polar surface area (TPSA) is 114 Å². The highest BCUT2D eigenvalue weighted by molar-refractivity contribution is 5.95. The molecular formula is C27H29N3O6. The molecule has 0 radical (unpaired) electrons. The molecular weight excluding hydrogens is 462 g/mol. The first-order chi connectivity index (χ1) is 17.4. The second-order valence-electron chi connectivity index (χ2n) is 8.70. The minimum Gasteiger partial charge on any atom is -0.463 e. The fourth-order valence-electron chi connectivity index (χ4n) is 4.51. The summed E-state index contributed by atoms with van der Waals surface area (Å²) in [6.45, 7) is 3.65. The quantitative estimate of drug-likeness (QED) is 0.549. The van der Waals surface area contributed by atoms with Crippen LogP contribution in [0.1, 0.15) is 43.5 Å². The van der Waals surface area contributed by atoms with E-state index in [1.807, 2.05) is 43.3 Å². The zero-order valence-electron chi connectivity index (χ0n) is 20.2. The Labute approximate surface area is 209 Å². The highest BCUT2D eigenvalue weighted by Crippen LogP contribution is 2.30. The summed E-state index contributed by atoms with van der Waals surface area (Å²) >= 11 is 0. The summed E-state index contributed by atoms with van der Waals surface area (Å²) in [5, 5.41) is 5.32. The predicted molar refractivity (Wildman–Crippen MR) is 130 cm³/mol. The van der Waals surface area contributed by atoms with Crippen molar-refractivity contribution < 1.29 is 28.7 Å². The number of carbonyl (C=O) groups is 4. The number of likely N-dealkylation sites (tertiary alicyclic amines) is 1. The maximum atomic E-state index is 12.9. The average molecular weight is 492 g/mol. The van der Waals surface area contributed by atoms with Crippen molar-refractivity contribution in [2.75, 3.05) is 19.8 Å². The molecule has 0 aromatic heterocycles. The predicted octanol–water partition coefficient (Wildman–Crippen LogP) is 3.01. The molecule has 188 valence electrons. The molecule has 2 aromatic rings. The van der Waals surface area contributed by atoms with Crippen molar-refractivity contribution in [1.29, 1.82) is 0 Å². The standard InChI is InChI=1S/C27H29N3O6/c1-3-35-26(33)23-21(28-27(34)29-24(23)19-12-8-5-9-13-19)16-36-25(32)20-14-22(31)30(15-20)17(2)18-10-6-4-7-11-18/h4-13,17,20,24H,3,14-16H2,1-2H3,(H2,28,29,34)/t17-,20+,24-/m1/s1. The van der Waals surface area contributed by atoms with Crippen molar-refractivity contribution >= 4 is 23.9 Å². The van der Waals surface area contributed by atoms with Gasteiger partial charge in [-0.25, -0.2) is 9.59 Å². The van der Waals surface area contributed by atoms with E-state index in [0.717, 1.165) is 5.56 Å². The van der Waals surface area contributed by atoms with Crippen LogP contribution >= 0.6 is 0 Å².